The Bertz CT molecular complexity index is 654. The summed E-state index contributed by atoms with van der Waals surface area (Å²) in [4.78, 5) is 32.8. The highest BCUT2D eigenvalue weighted by molar-refractivity contribution is 7.98. The number of aromatic nitrogens is 2. The van der Waals surface area contributed by atoms with Crippen LogP contribution in [0.25, 0.3) is 11.0 Å². The number of fused-ring (bicyclic) bond motifs is 1. The molecule has 1 aromatic carbocycles. The van der Waals surface area contributed by atoms with Crippen LogP contribution in [0, 0.1) is 0 Å². The minimum Gasteiger partial charge on any atom is -0.352 e. The number of carbonyl (C=O) groups is 2. The largest absolute Gasteiger partial charge is 0.352 e. The van der Waals surface area contributed by atoms with Crippen LogP contribution in [0.1, 0.15) is 12.2 Å². The smallest absolute Gasteiger partial charge is 0.312 e. The van der Waals surface area contributed by atoms with E-state index in [9.17, 15) is 9.59 Å². The number of nitrogens with one attached hydrogen (secondary N) is 2. The Balaban J connectivity index is 2.05. The molecule has 23 heavy (non-hydrogen) atoms. The van der Waals surface area contributed by atoms with E-state index in [-0.39, 0.29) is 5.91 Å². The molecule has 1 atom stereocenters. The predicted molar refractivity (Wildman–Crippen MR) is 92.1 cm³/mol. The molecule has 0 fully saturated rings. The van der Waals surface area contributed by atoms with Gasteiger partial charge in [0.1, 0.15) is 11.9 Å². The molecule has 0 saturated heterocycles. The second-order valence-electron chi connectivity index (χ2n) is 5.24. The molecule has 0 saturated carbocycles. The van der Waals surface area contributed by atoms with Gasteiger partial charge in [-0.1, -0.05) is 12.1 Å². The maximum Gasteiger partial charge on any atom is 0.312 e. The molecule has 0 bridgehead atoms. The first-order chi connectivity index (χ1) is 11.0. The highest BCUT2D eigenvalue weighted by Crippen LogP contribution is 2.12. The van der Waals surface area contributed by atoms with Gasteiger partial charge in [0.2, 0.25) is 5.91 Å². The Morgan fingerprint density at radius 3 is 2.83 bits per heavy atom. The average Bonchev–Trinajstić information content (AvgIpc) is 2.92. The number of amides is 3. The molecule has 0 aliphatic heterocycles. The Kier molecular flexibility index (Phi) is 5.86. The quantitative estimate of drug-likeness (QED) is 0.709. The number of likely N-dealkylation sites (N-methyl/N-ethyl adjacent to an activating group) is 1. The van der Waals surface area contributed by atoms with Gasteiger partial charge in [-0.05, 0) is 30.6 Å². The Morgan fingerprint density at radius 1 is 1.43 bits per heavy atom. The van der Waals surface area contributed by atoms with E-state index in [1.165, 1.54) is 0 Å². The van der Waals surface area contributed by atoms with Gasteiger partial charge in [0.15, 0.2) is 0 Å². The summed E-state index contributed by atoms with van der Waals surface area (Å²) in [5.74, 6) is 1.28. The van der Waals surface area contributed by atoms with Crippen molar-refractivity contribution in [3.05, 3.63) is 30.1 Å². The number of benzene rings is 1. The molecule has 2 rings (SSSR count). The van der Waals surface area contributed by atoms with E-state index in [1.54, 1.807) is 23.7 Å². The van der Waals surface area contributed by atoms with Crippen molar-refractivity contribution in [1.82, 2.24) is 20.2 Å². The fraction of sp³-hybridized carbons (Fsp3) is 0.400. The summed E-state index contributed by atoms with van der Waals surface area (Å²) in [6, 6.07) is 6.37. The number of aromatic amines is 1. The predicted octanol–water partition coefficient (Wildman–Crippen LogP) is 1.31. The molecule has 1 heterocycles. The highest BCUT2D eigenvalue weighted by Gasteiger charge is 2.23. The molecule has 7 nitrogen and oxygen atoms in total. The molecule has 0 unspecified atom stereocenters. The number of H-pyrrole nitrogens is 1. The monoisotopic (exact) mass is 335 g/mol. The van der Waals surface area contributed by atoms with E-state index >= 15 is 0 Å². The number of para-hydroxylation sites is 2. The van der Waals surface area contributed by atoms with Crippen LogP contribution in [0.2, 0.25) is 0 Å². The van der Waals surface area contributed by atoms with Gasteiger partial charge in [-0.15, -0.1) is 0 Å². The second kappa shape index (κ2) is 7.87. The topological polar surface area (TPSA) is 104 Å². The molecule has 2 aromatic rings. The molecule has 0 aliphatic carbocycles. The van der Waals surface area contributed by atoms with Gasteiger partial charge < -0.3 is 20.9 Å². The highest BCUT2D eigenvalue weighted by atomic mass is 32.2. The van der Waals surface area contributed by atoms with Crippen molar-refractivity contribution in [3.63, 3.8) is 0 Å². The number of hydrogen-bond donors (Lipinski definition) is 3. The van der Waals surface area contributed by atoms with Crippen LogP contribution in [0.15, 0.2) is 24.3 Å². The van der Waals surface area contributed by atoms with Crippen molar-refractivity contribution in [2.45, 2.75) is 19.0 Å². The third-order valence-corrected chi connectivity index (χ3v) is 4.07. The fourth-order valence-corrected chi connectivity index (χ4v) is 2.79. The van der Waals surface area contributed by atoms with Gasteiger partial charge in [0.05, 0.1) is 17.6 Å². The standard InChI is InChI=1S/C15H21N5O2S/c1-20(14(21)12(7-8-23-2)19-15(16)22)9-13-17-10-5-3-4-6-11(10)18-13/h3-6,12H,7-9H2,1-2H3,(H,17,18)(H3,16,19,22)/t12-/m0/s1. The average molecular weight is 335 g/mol. The van der Waals surface area contributed by atoms with Crippen molar-refractivity contribution in [2.75, 3.05) is 19.1 Å². The Morgan fingerprint density at radius 2 is 2.17 bits per heavy atom. The summed E-state index contributed by atoms with van der Waals surface area (Å²) in [7, 11) is 1.68. The molecule has 1 aromatic heterocycles. The minimum absolute atomic E-state index is 0.182. The molecular formula is C15H21N5O2S. The van der Waals surface area contributed by atoms with Crippen LogP contribution in [-0.2, 0) is 11.3 Å². The number of imidazole rings is 1. The van der Waals surface area contributed by atoms with Gasteiger partial charge in [-0.2, -0.15) is 11.8 Å². The SMILES string of the molecule is CSCC[C@H](NC(N)=O)C(=O)N(C)Cc1nc2ccccc2[nH]1. The number of rotatable bonds is 7. The van der Waals surface area contributed by atoms with Gasteiger partial charge in [0.25, 0.3) is 0 Å². The fourth-order valence-electron chi connectivity index (χ4n) is 2.31. The minimum atomic E-state index is -0.693. The number of thioether (sulfide) groups is 1. The zero-order valence-corrected chi connectivity index (χ0v) is 14.0. The first-order valence-electron chi connectivity index (χ1n) is 7.24. The van der Waals surface area contributed by atoms with E-state index in [4.69, 9.17) is 5.73 Å². The van der Waals surface area contributed by atoms with Crippen LogP contribution in [0.3, 0.4) is 0 Å². The summed E-state index contributed by atoms with van der Waals surface area (Å²) >= 11 is 1.61. The van der Waals surface area contributed by atoms with E-state index in [0.29, 0.717) is 18.8 Å². The Hall–Kier alpha value is -2.22. The van der Waals surface area contributed by atoms with Crippen molar-refractivity contribution in [3.8, 4) is 0 Å². The van der Waals surface area contributed by atoms with E-state index in [2.05, 4.69) is 15.3 Å². The normalized spacial score (nSPS) is 12.1. The summed E-state index contributed by atoms with van der Waals surface area (Å²) in [6.07, 6.45) is 2.48. The molecule has 3 amide bonds. The molecule has 124 valence electrons. The molecule has 0 aliphatic rings. The third kappa shape index (κ3) is 4.62. The van der Waals surface area contributed by atoms with Crippen LogP contribution in [0.5, 0.6) is 0 Å². The number of carbonyl (C=O) groups excluding carboxylic acids is 2. The van der Waals surface area contributed by atoms with E-state index in [0.717, 1.165) is 16.8 Å². The summed E-state index contributed by atoms with van der Waals surface area (Å²) in [5.41, 5.74) is 6.95. The molecule has 8 heteroatoms. The number of nitrogens with zero attached hydrogens (tertiary/aromatic N) is 2. The number of nitrogens with two attached hydrogens (primary N) is 1. The molecular weight excluding hydrogens is 314 g/mol. The van der Waals surface area contributed by atoms with Crippen LogP contribution in [0.4, 0.5) is 4.79 Å². The number of hydrogen-bond acceptors (Lipinski definition) is 4. The van der Waals surface area contributed by atoms with Gasteiger partial charge in [-0.25, -0.2) is 9.78 Å². The van der Waals surface area contributed by atoms with Crippen LogP contribution < -0.4 is 11.1 Å². The molecule has 4 N–H and O–H groups in total. The lowest BCUT2D eigenvalue weighted by Gasteiger charge is -2.23. The first kappa shape index (κ1) is 17.1. The van der Waals surface area contributed by atoms with E-state index in [1.807, 2.05) is 30.5 Å². The van der Waals surface area contributed by atoms with Gasteiger partial charge >= 0.3 is 6.03 Å². The summed E-state index contributed by atoms with van der Waals surface area (Å²) in [6.45, 7) is 0.337. The van der Waals surface area contributed by atoms with E-state index < -0.39 is 12.1 Å². The lowest BCUT2D eigenvalue weighted by atomic mass is 10.2. The lowest BCUT2D eigenvalue weighted by Crippen LogP contribution is -2.49. The van der Waals surface area contributed by atoms with Crippen LogP contribution in [-0.4, -0.2) is 51.9 Å². The second-order valence-corrected chi connectivity index (χ2v) is 6.22. The summed E-state index contributed by atoms with van der Waals surface area (Å²) in [5, 5.41) is 2.51. The zero-order valence-electron chi connectivity index (χ0n) is 13.2. The van der Waals surface area contributed by atoms with Crippen LogP contribution >= 0.6 is 11.8 Å². The first-order valence-corrected chi connectivity index (χ1v) is 8.64. The number of primary amides is 1. The van der Waals surface area contributed by atoms with Crippen molar-refractivity contribution in [1.29, 1.82) is 0 Å². The van der Waals surface area contributed by atoms with Gasteiger partial charge in [0, 0.05) is 7.05 Å². The molecule has 0 radical (unpaired) electrons. The lowest BCUT2D eigenvalue weighted by molar-refractivity contribution is -0.132. The van der Waals surface area contributed by atoms with Gasteiger partial charge in [-0.3, -0.25) is 4.79 Å². The van der Waals surface area contributed by atoms with Crippen molar-refractivity contribution >= 4 is 34.7 Å². The maximum atomic E-state index is 12.5. The Labute approximate surface area is 139 Å². The van der Waals surface area contributed by atoms with Crippen molar-refractivity contribution < 1.29 is 9.59 Å². The zero-order chi connectivity index (χ0) is 16.8. The van der Waals surface area contributed by atoms with Crippen molar-refractivity contribution in [2.24, 2.45) is 5.73 Å². The summed E-state index contributed by atoms with van der Waals surface area (Å²) < 4.78 is 0. The maximum absolute atomic E-state index is 12.5. The third-order valence-electron chi connectivity index (χ3n) is 3.43. The molecule has 0 spiro atoms. The number of urea groups is 1.